The Labute approximate surface area is 140 Å². The number of methoxy groups -OCH3 is 2. The van der Waals surface area contributed by atoms with E-state index in [1.54, 1.807) is 24.3 Å². The second-order valence-corrected chi connectivity index (χ2v) is 5.07. The normalized spacial score (nSPS) is 10.5. The first-order valence-electron chi connectivity index (χ1n) is 7.36. The minimum Gasteiger partial charge on any atom is -0.493 e. The zero-order valence-corrected chi connectivity index (χ0v) is 13.8. The van der Waals surface area contributed by atoms with Crippen LogP contribution in [0.2, 0.25) is 0 Å². The third-order valence-corrected chi connectivity index (χ3v) is 3.46. The van der Waals surface area contributed by atoms with E-state index in [-0.39, 0.29) is 11.7 Å². The van der Waals surface area contributed by atoms with Crippen LogP contribution in [0.3, 0.4) is 0 Å². The first kappa shape index (κ1) is 17.3. The number of benzene rings is 2. The van der Waals surface area contributed by atoms with Crippen LogP contribution in [0, 0.1) is 6.92 Å². The van der Waals surface area contributed by atoms with Crippen LogP contribution in [-0.2, 0) is 4.79 Å². The fraction of sp³-hybridized carbons (Fsp3) is 0.158. The molecule has 5 heteroatoms. The molecule has 5 nitrogen and oxygen atoms in total. The minimum atomic E-state index is -0.363. The van der Waals surface area contributed by atoms with Gasteiger partial charge in [-0.2, -0.15) is 0 Å². The van der Waals surface area contributed by atoms with Crippen molar-refractivity contribution in [3.8, 4) is 11.5 Å². The van der Waals surface area contributed by atoms with Gasteiger partial charge in [0.2, 0.25) is 5.91 Å². The molecule has 0 atom stereocenters. The topological polar surface area (TPSA) is 64.6 Å². The van der Waals surface area contributed by atoms with Crippen LogP contribution in [-0.4, -0.2) is 25.9 Å². The second-order valence-electron chi connectivity index (χ2n) is 5.07. The summed E-state index contributed by atoms with van der Waals surface area (Å²) in [5.41, 5.74) is 2.07. The van der Waals surface area contributed by atoms with Crippen LogP contribution in [0.4, 0.5) is 5.69 Å². The number of para-hydroxylation sites is 1. The summed E-state index contributed by atoms with van der Waals surface area (Å²) in [5, 5.41) is 2.74. The van der Waals surface area contributed by atoms with Crippen molar-refractivity contribution >= 4 is 17.4 Å². The fourth-order valence-corrected chi connectivity index (χ4v) is 2.12. The molecule has 0 fully saturated rings. The van der Waals surface area contributed by atoms with E-state index in [1.807, 2.05) is 25.1 Å². The number of hydrogen-bond acceptors (Lipinski definition) is 4. The number of allylic oxidation sites excluding steroid dienone is 1. The highest BCUT2D eigenvalue weighted by molar-refractivity contribution is 6.10. The Bertz CT molecular complexity index is 781. The summed E-state index contributed by atoms with van der Waals surface area (Å²) in [6, 6.07) is 12.3. The maximum absolute atomic E-state index is 12.2. The van der Waals surface area contributed by atoms with Gasteiger partial charge in [0, 0.05) is 17.3 Å². The van der Waals surface area contributed by atoms with Gasteiger partial charge in [0.1, 0.15) is 0 Å². The number of carbonyl (C=O) groups excluding carboxylic acids is 2. The molecular weight excluding hydrogens is 306 g/mol. The van der Waals surface area contributed by atoms with Crippen molar-refractivity contribution < 1.29 is 19.1 Å². The van der Waals surface area contributed by atoms with Crippen molar-refractivity contribution in [3.63, 3.8) is 0 Å². The number of amides is 1. The molecule has 0 unspecified atom stereocenters. The fourth-order valence-electron chi connectivity index (χ4n) is 2.12. The largest absolute Gasteiger partial charge is 0.493 e. The quantitative estimate of drug-likeness (QED) is 0.653. The molecule has 0 aliphatic carbocycles. The lowest BCUT2D eigenvalue weighted by Gasteiger charge is -2.08. The number of nitrogens with one attached hydrogen (secondary N) is 1. The lowest BCUT2D eigenvalue weighted by atomic mass is 10.1. The highest BCUT2D eigenvalue weighted by Crippen LogP contribution is 2.27. The highest BCUT2D eigenvalue weighted by atomic mass is 16.5. The van der Waals surface area contributed by atoms with Crippen LogP contribution in [0.25, 0.3) is 0 Å². The van der Waals surface area contributed by atoms with Gasteiger partial charge in [-0.05, 0) is 42.8 Å². The summed E-state index contributed by atoms with van der Waals surface area (Å²) in [4.78, 5) is 24.1. The molecule has 24 heavy (non-hydrogen) atoms. The molecule has 2 aromatic rings. The lowest BCUT2D eigenvalue weighted by Crippen LogP contribution is -2.09. The Hall–Kier alpha value is -3.08. The summed E-state index contributed by atoms with van der Waals surface area (Å²) >= 11 is 0. The smallest absolute Gasteiger partial charge is 0.248 e. The van der Waals surface area contributed by atoms with Gasteiger partial charge < -0.3 is 14.8 Å². The number of anilines is 1. The maximum atomic E-state index is 12.2. The maximum Gasteiger partial charge on any atom is 0.248 e. The third-order valence-electron chi connectivity index (χ3n) is 3.46. The second kappa shape index (κ2) is 7.97. The van der Waals surface area contributed by atoms with Crippen LogP contribution < -0.4 is 14.8 Å². The van der Waals surface area contributed by atoms with Crippen LogP contribution in [0.15, 0.2) is 54.6 Å². The summed E-state index contributed by atoms with van der Waals surface area (Å²) < 4.78 is 10.3. The Morgan fingerprint density at radius 2 is 1.67 bits per heavy atom. The summed E-state index contributed by atoms with van der Waals surface area (Å²) in [6.07, 6.45) is 2.44. The summed E-state index contributed by atoms with van der Waals surface area (Å²) in [6.45, 7) is 1.90. The number of hydrogen-bond donors (Lipinski definition) is 1. The van der Waals surface area contributed by atoms with Gasteiger partial charge in [-0.25, -0.2) is 0 Å². The predicted octanol–water partition coefficient (Wildman–Crippen LogP) is 3.39. The molecule has 0 saturated heterocycles. The molecule has 0 saturated carbocycles. The number of rotatable bonds is 6. The first-order chi connectivity index (χ1) is 11.5. The van der Waals surface area contributed by atoms with Gasteiger partial charge in [-0.3, -0.25) is 9.59 Å². The molecule has 0 aliphatic heterocycles. The van der Waals surface area contributed by atoms with Gasteiger partial charge in [-0.1, -0.05) is 18.2 Å². The van der Waals surface area contributed by atoms with Crippen molar-refractivity contribution in [1.82, 2.24) is 0 Å². The van der Waals surface area contributed by atoms with Gasteiger partial charge in [-0.15, -0.1) is 0 Å². The van der Waals surface area contributed by atoms with Crippen LogP contribution >= 0.6 is 0 Å². The summed E-state index contributed by atoms with van der Waals surface area (Å²) in [7, 11) is 3.02. The van der Waals surface area contributed by atoms with E-state index in [2.05, 4.69) is 5.32 Å². The van der Waals surface area contributed by atoms with E-state index >= 15 is 0 Å². The molecular formula is C19H19NO4. The van der Waals surface area contributed by atoms with Crippen molar-refractivity contribution in [2.75, 3.05) is 19.5 Å². The van der Waals surface area contributed by atoms with Crippen LogP contribution in [0.5, 0.6) is 11.5 Å². The Morgan fingerprint density at radius 1 is 0.958 bits per heavy atom. The molecule has 2 rings (SSSR count). The number of ether oxygens (including phenoxy) is 2. The molecule has 0 bridgehead atoms. The zero-order chi connectivity index (χ0) is 17.5. The molecule has 0 aromatic heterocycles. The average Bonchev–Trinajstić information content (AvgIpc) is 2.61. The molecule has 0 radical (unpaired) electrons. The number of aryl methyl sites for hydroxylation is 1. The number of ketones is 1. The van der Waals surface area contributed by atoms with Gasteiger partial charge in [0.05, 0.1) is 14.2 Å². The standard InChI is InChI=1S/C19H19NO4/c1-13-6-4-5-7-15(13)20-19(22)11-9-16(21)14-8-10-17(23-2)18(12-14)24-3/h4-12H,1-3H3,(H,20,22). The van der Waals surface area contributed by atoms with E-state index in [4.69, 9.17) is 9.47 Å². The monoisotopic (exact) mass is 325 g/mol. The Kier molecular flexibility index (Phi) is 5.73. The van der Waals surface area contributed by atoms with Crippen LogP contribution in [0.1, 0.15) is 15.9 Å². The molecule has 0 heterocycles. The van der Waals surface area contributed by atoms with E-state index < -0.39 is 0 Å². The zero-order valence-electron chi connectivity index (χ0n) is 13.8. The van der Waals surface area contributed by atoms with E-state index in [0.29, 0.717) is 22.7 Å². The SMILES string of the molecule is COc1ccc(C(=O)C=CC(=O)Nc2ccccc2C)cc1OC. The highest BCUT2D eigenvalue weighted by Gasteiger charge is 2.09. The van der Waals surface area contributed by atoms with E-state index in [0.717, 1.165) is 5.56 Å². The molecule has 2 aromatic carbocycles. The Morgan fingerprint density at radius 3 is 2.33 bits per heavy atom. The van der Waals surface area contributed by atoms with Gasteiger partial charge in [0.15, 0.2) is 17.3 Å². The lowest BCUT2D eigenvalue weighted by molar-refractivity contribution is -0.111. The number of carbonyl (C=O) groups is 2. The van der Waals surface area contributed by atoms with E-state index in [1.165, 1.54) is 26.4 Å². The molecule has 124 valence electrons. The summed E-state index contributed by atoms with van der Waals surface area (Å²) in [5.74, 6) is 0.338. The molecule has 1 amide bonds. The molecule has 0 spiro atoms. The minimum absolute atomic E-state index is 0.295. The van der Waals surface area contributed by atoms with Crippen molar-refractivity contribution in [1.29, 1.82) is 0 Å². The average molecular weight is 325 g/mol. The van der Waals surface area contributed by atoms with Crippen molar-refractivity contribution in [2.24, 2.45) is 0 Å². The van der Waals surface area contributed by atoms with Crippen molar-refractivity contribution in [3.05, 3.63) is 65.7 Å². The predicted molar refractivity (Wildman–Crippen MR) is 92.8 cm³/mol. The molecule has 0 aliphatic rings. The van der Waals surface area contributed by atoms with Gasteiger partial charge >= 0.3 is 0 Å². The van der Waals surface area contributed by atoms with Crippen molar-refractivity contribution in [2.45, 2.75) is 6.92 Å². The molecule has 1 N–H and O–H groups in total. The first-order valence-corrected chi connectivity index (χ1v) is 7.36. The third kappa shape index (κ3) is 4.23. The van der Waals surface area contributed by atoms with E-state index in [9.17, 15) is 9.59 Å². The van der Waals surface area contributed by atoms with Gasteiger partial charge in [0.25, 0.3) is 0 Å². The Balaban J connectivity index is 2.07.